The summed E-state index contributed by atoms with van der Waals surface area (Å²) in [5.41, 5.74) is 3.49. The highest BCUT2D eigenvalue weighted by atomic mass is 16.5. The second-order valence-corrected chi connectivity index (χ2v) is 3.49. The molecule has 4 heteroatoms. The van der Waals surface area contributed by atoms with Crippen molar-refractivity contribution in [1.29, 1.82) is 5.26 Å². The van der Waals surface area contributed by atoms with Gasteiger partial charge in [-0.05, 0) is 30.7 Å². The van der Waals surface area contributed by atoms with E-state index in [9.17, 15) is 0 Å². The van der Waals surface area contributed by atoms with Crippen LogP contribution in [0.3, 0.4) is 0 Å². The van der Waals surface area contributed by atoms with Gasteiger partial charge in [-0.15, -0.1) is 0 Å². The minimum absolute atomic E-state index is 0.613. The molecule has 2 aromatic rings. The van der Waals surface area contributed by atoms with E-state index < -0.39 is 0 Å². The summed E-state index contributed by atoms with van der Waals surface area (Å²) >= 11 is 0. The second kappa shape index (κ2) is 4.49. The Kier molecular flexibility index (Phi) is 2.88. The number of aryl methyl sites for hydroxylation is 1. The number of nitrogens with one attached hydrogen (secondary N) is 1. The first-order valence-electron chi connectivity index (χ1n) is 4.93. The van der Waals surface area contributed by atoms with Gasteiger partial charge in [0, 0.05) is 11.8 Å². The van der Waals surface area contributed by atoms with Crippen molar-refractivity contribution >= 4 is 5.69 Å². The molecule has 4 nitrogen and oxygen atoms in total. The van der Waals surface area contributed by atoms with E-state index in [1.54, 1.807) is 12.3 Å². The molecule has 0 saturated carbocycles. The third-order valence-electron chi connectivity index (χ3n) is 2.31. The standard InChI is InChI=1S/C12H11N3O/c1-9-6-11(3-2-10(9)7-13)14-8-12-4-5-16-15-12/h2-6,14H,8H2,1H3. The normalized spacial score (nSPS) is 9.75. The summed E-state index contributed by atoms with van der Waals surface area (Å²) in [5, 5.41) is 15.8. The van der Waals surface area contributed by atoms with Gasteiger partial charge in [-0.25, -0.2) is 0 Å². The van der Waals surface area contributed by atoms with Gasteiger partial charge < -0.3 is 9.84 Å². The maximum atomic E-state index is 8.80. The molecule has 0 atom stereocenters. The molecule has 0 amide bonds. The van der Waals surface area contributed by atoms with Gasteiger partial charge in [0.25, 0.3) is 0 Å². The van der Waals surface area contributed by atoms with Crippen LogP contribution in [0.1, 0.15) is 16.8 Å². The highest BCUT2D eigenvalue weighted by Crippen LogP contribution is 2.14. The van der Waals surface area contributed by atoms with E-state index in [2.05, 4.69) is 16.5 Å². The van der Waals surface area contributed by atoms with Crippen molar-refractivity contribution in [2.75, 3.05) is 5.32 Å². The quantitative estimate of drug-likeness (QED) is 0.850. The Hall–Kier alpha value is -2.28. The van der Waals surface area contributed by atoms with Gasteiger partial charge in [-0.3, -0.25) is 0 Å². The first-order chi connectivity index (χ1) is 7.79. The zero-order chi connectivity index (χ0) is 11.4. The lowest BCUT2D eigenvalue weighted by molar-refractivity contribution is 0.412. The molecular formula is C12H11N3O. The van der Waals surface area contributed by atoms with Crippen LogP contribution in [0.4, 0.5) is 5.69 Å². The third kappa shape index (κ3) is 2.20. The van der Waals surface area contributed by atoms with E-state index in [1.165, 1.54) is 0 Å². The summed E-state index contributed by atoms with van der Waals surface area (Å²) in [7, 11) is 0. The van der Waals surface area contributed by atoms with Crippen LogP contribution in [0.25, 0.3) is 0 Å². The number of nitrogens with zero attached hydrogens (tertiary/aromatic N) is 2. The molecule has 1 N–H and O–H groups in total. The summed E-state index contributed by atoms with van der Waals surface area (Å²) in [4.78, 5) is 0. The largest absolute Gasteiger partial charge is 0.379 e. The SMILES string of the molecule is Cc1cc(NCc2ccon2)ccc1C#N. The van der Waals surface area contributed by atoms with Crippen molar-refractivity contribution < 1.29 is 4.52 Å². The molecule has 0 aliphatic carbocycles. The average molecular weight is 213 g/mol. The van der Waals surface area contributed by atoms with E-state index in [0.29, 0.717) is 12.1 Å². The predicted octanol–water partition coefficient (Wildman–Crippen LogP) is 2.47. The second-order valence-electron chi connectivity index (χ2n) is 3.49. The van der Waals surface area contributed by atoms with Crippen molar-refractivity contribution in [3.05, 3.63) is 47.3 Å². The van der Waals surface area contributed by atoms with Crippen LogP contribution in [0.15, 0.2) is 35.1 Å². The number of benzene rings is 1. The smallest absolute Gasteiger partial charge is 0.124 e. The van der Waals surface area contributed by atoms with Gasteiger partial charge in [-0.2, -0.15) is 5.26 Å². The number of aromatic nitrogens is 1. The lowest BCUT2D eigenvalue weighted by atomic mass is 10.1. The van der Waals surface area contributed by atoms with Gasteiger partial charge in [0.15, 0.2) is 0 Å². The molecule has 16 heavy (non-hydrogen) atoms. The van der Waals surface area contributed by atoms with E-state index in [4.69, 9.17) is 9.78 Å². The van der Waals surface area contributed by atoms with Gasteiger partial charge in [-0.1, -0.05) is 5.16 Å². The topological polar surface area (TPSA) is 61.9 Å². The first-order valence-corrected chi connectivity index (χ1v) is 4.93. The Labute approximate surface area is 93.5 Å². The summed E-state index contributed by atoms with van der Waals surface area (Å²) in [6.45, 7) is 2.53. The van der Waals surface area contributed by atoms with Crippen LogP contribution in [0.5, 0.6) is 0 Å². The first kappa shape index (κ1) is 10.2. The Morgan fingerprint density at radius 2 is 2.31 bits per heavy atom. The molecule has 0 unspecified atom stereocenters. The molecular weight excluding hydrogens is 202 g/mol. The number of nitriles is 1. The summed E-state index contributed by atoms with van der Waals surface area (Å²) in [5.74, 6) is 0. The molecule has 0 aliphatic rings. The minimum atomic E-state index is 0.613. The molecule has 80 valence electrons. The Morgan fingerprint density at radius 3 is 2.94 bits per heavy atom. The molecule has 1 aromatic carbocycles. The number of hydrogen-bond acceptors (Lipinski definition) is 4. The molecule has 0 aliphatic heterocycles. The van der Waals surface area contributed by atoms with Crippen molar-refractivity contribution in [2.24, 2.45) is 0 Å². The van der Waals surface area contributed by atoms with E-state index >= 15 is 0 Å². The van der Waals surface area contributed by atoms with Crippen molar-refractivity contribution in [2.45, 2.75) is 13.5 Å². The molecule has 0 radical (unpaired) electrons. The van der Waals surface area contributed by atoms with Crippen LogP contribution in [0, 0.1) is 18.3 Å². The molecule has 0 spiro atoms. The fourth-order valence-corrected chi connectivity index (χ4v) is 1.42. The maximum absolute atomic E-state index is 8.80. The third-order valence-corrected chi connectivity index (χ3v) is 2.31. The fraction of sp³-hybridized carbons (Fsp3) is 0.167. The van der Waals surface area contributed by atoms with Gasteiger partial charge in [0.1, 0.15) is 12.0 Å². The van der Waals surface area contributed by atoms with Crippen molar-refractivity contribution in [3.8, 4) is 6.07 Å². The van der Waals surface area contributed by atoms with Crippen LogP contribution in [-0.2, 0) is 6.54 Å². The van der Waals surface area contributed by atoms with E-state index in [1.807, 2.05) is 25.1 Å². The van der Waals surface area contributed by atoms with Crippen molar-refractivity contribution in [1.82, 2.24) is 5.16 Å². The van der Waals surface area contributed by atoms with Crippen LogP contribution in [0.2, 0.25) is 0 Å². The lowest BCUT2D eigenvalue weighted by Gasteiger charge is -2.05. The molecule has 0 saturated heterocycles. The van der Waals surface area contributed by atoms with E-state index in [-0.39, 0.29) is 0 Å². The van der Waals surface area contributed by atoms with Gasteiger partial charge in [0.2, 0.25) is 0 Å². The molecule has 0 bridgehead atoms. The minimum Gasteiger partial charge on any atom is -0.379 e. The van der Waals surface area contributed by atoms with Crippen LogP contribution < -0.4 is 5.32 Å². The number of hydrogen-bond donors (Lipinski definition) is 1. The highest BCUT2D eigenvalue weighted by molar-refractivity contribution is 5.51. The maximum Gasteiger partial charge on any atom is 0.124 e. The Bertz CT molecular complexity index is 512. The zero-order valence-corrected chi connectivity index (χ0v) is 8.90. The number of anilines is 1. The molecule has 1 aromatic heterocycles. The van der Waals surface area contributed by atoms with E-state index in [0.717, 1.165) is 16.9 Å². The Balaban J connectivity index is 2.06. The Morgan fingerprint density at radius 1 is 1.44 bits per heavy atom. The molecule has 0 fully saturated rings. The van der Waals surface area contributed by atoms with Crippen molar-refractivity contribution in [3.63, 3.8) is 0 Å². The van der Waals surface area contributed by atoms with Gasteiger partial charge >= 0.3 is 0 Å². The van der Waals surface area contributed by atoms with Crippen LogP contribution >= 0.6 is 0 Å². The summed E-state index contributed by atoms with van der Waals surface area (Å²) in [6.07, 6.45) is 1.54. The molecule has 1 heterocycles. The highest BCUT2D eigenvalue weighted by Gasteiger charge is 2.00. The number of rotatable bonds is 3. The van der Waals surface area contributed by atoms with Crippen LogP contribution in [-0.4, -0.2) is 5.16 Å². The summed E-state index contributed by atoms with van der Waals surface area (Å²) < 4.78 is 4.73. The lowest BCUT2D eigenvalue weighted by Crippen LogP contribution is -2.00. The van der Waals surface area contributed by atoms with Gasteiger partial charge in [0.05, 0.1) is 18.2 Å². The molecule has 2 rings (SSSR count). The fourth-order valence-electron chi connectivity index (χ4n) is 1.42. The monoisotopic (exact) mass is 213 g/mol. The average Bonchev–Trinajstić information content (AvgIpc) is 2.79. The predicted molar refractivity (Wildman–Crippen MR) is 59.7 cm³/mol. The zero-order valence-electron chi connectivity index (χ0n) is 8.90. The summed E-state index contributed by atoms with van der Waals surface area (Å²) in [6, 6.07) is 9.58.